The van der Waals surface area contributed by atoms with Gasteiger partial charge in [-0.1, -0.05) is 15.9 Å². The molecule has 1 aromatic carbocycles. The third-order valence-corrected chi connectivity index (χ3v) is 4.52. The van der Waals surface area contributed by atoms with Crippen LogP contribution in [-0.2, 0) is 16.0 Å². The van der Waals surface area contributed by atoms with Crippen LogP contribution in [0.4, 0.5) is 0 Å². The van der Waals surface area contributed by atoms with Crippen LogP contribution >= 0.6 is 15.9 Å². The van der Waals surface area contributed by atoms with E-state index in [-0.39, 0.29) is 24.3 Å². The number of rotatable bonds is 5. The van der Waals surface area contributed by atoms with Crippen LogP contribution < -0.4 is 10.1 Å². The second-order valence-corrected chi connectivity index (χ2v) is 6.10. The number of hydrogen-bond acceptors (Lipinski definition) is 3. The number of methoxy groups -OCH3 is 1. The first-order valence-electron chi connectivity index (χ1n) is 6.84. The molecular formula is C15H18BrNO4. The van der Waals surface area contributed by atoms with Gasteiger partial charge in [-0.15, -0.1) is 0 Å². The van der Waals surface area contributed by atoms with Gasteiger partial charge < -0.3 is 15.2 Å². The van der Waals surface area contributed by atoms with Gasteiger partial charge in [-0.25, -0.2) is 0 Å². The average molecular weight is 356 g/mol. The molecule has 1 aliphatic carbocycles. The van der Waals surface area contributed by atoms with Gasteiger partial charge in [-0.3, -0.25) is 9.59 Å². The molecule has 1 saturated carbocycles. The van der Waals surface area contributed by atoms with Gasteiger partial charge in [0.15, 0.2) is 0 Å². The number of hydrogen-bond donors (Lipinski definition) is 2. The summed E-state index contributed by atoms with van der Waals surface area (Å²) in [6.45, 7) is 0. The number of carboxylic acids is 1. The van der Waals surface area contributed by atoms with E-state index in [1.165, 1.54) is 0 Å². The first-order chi connectivity index (χ1) is 9.99. The minimum atomic E-state index is -0.776. The summed E-state index contributed by atoms with van der Waals surface area (Å²) in [7, 11) is 1.58. The Bertz CT molecular complexity index is 546. The molecule has 0 unspecified atom stereocenters. The monoisotopic (exact) mass is 355 g/mol. The number of benzene rings is 1. The number of amides is 1. The number of carbonyl (C=O) groups is 2. The van der Waals surface area contributed by atoms with Crippen molar-refractivity contribution in [1.82, 2.24) is 5.32 Å². The van der Waals surface area contributed by atoms with Crippen molar-refractivity contribution >= 4 is 27.8 Å². The van der Waals surface area contributed by atoms with E-state index in [0.29, 0.717) is 18.6 Å². The number of ether oxygens (including phenoxy) is 1. The lowest BCUT2D eigenvalue weighted by Gasteiger charge is -2.13. The van der Waals surface area contributed by atoms with Crippen LogP contribution in [0, 0.1) is 5.92 Å². The van der Waals surface area contributed by atoms with Crippen LogP contribution in [0.1, 0.15) is 24.8 Å². The highest BCUT2D eigenvalue weighted by atomic mass is 79.9. The van der Waals surface area contributed by atoms with E-state index in [9.17, 15) is 9.59 Å². The van der Waals surface area contributed by atoms with Crippen LogP contribution in [0.2, 0.25) is 0 Å². The average Bonchev–Trinajstić information content (AvgIpc) is 2.90. The van der Waals surface area contributed by atoms with Gasteiger partial charge in [0.05, 0.1) is 19.4 Å². The second-order valence-electron chi connectivity index (χ2n) is 5.25. The smallest absolute Gasteiger partial charge is 0.306 e. The molecule has 0 aromatic heterocycles. The van der Waals surface area contributed by atoms with Gasteiger partial charge in [0.1, 0.15) is 5.75 Å². The van der Waals surface area contributed by atoms with Crippen molar-refractivity contribution in [2.75, 3.05) is 7.11 Å². The fourth-order valence-corrected chi connectivity index (χ4v) is 2.99. The lowest BCUT2D eigenvalue weighted by atomic mass is 10.1. The van der Waals surface area contributed by atoms with Crippen LogP contribution in [0.25, 0.3) is 0 Å². The van der Waals surface area contributed by atoms with Gasteiger partial charge in [0.2, 0.25) is 5.91 Å². The summed E-state index contributed by atoms with van der Waals surface area (Å²) in [5.74, 6) is -0.506. The Morgan fingerprint density at radius 1 is 1.43 bits per heavy atom. The first-order valence-corrected chi connectivity index (χ1v) is 7.63. The summed E-state index contributed by atoms with van der Waals surface area (Å²) in [6.07, 6.45) is 2.11. The molecule has 0 saturated heterocycles. The van der Waals surface area contributed by atoms with E-state index in [1.54, 1.807) is 7.11 Å². The summed E-state index contributed by atoms with van der Waals surface area (Å²) in [5.41, 5.74) is 0.847. The topological polar surface area (TPSA) is 75.6 Å². The molecule has 1 aliphatic rings. The largest absolute Gasteiger partial charge is 0.497 e. The summed E-state index contributed by atoms with van der Waals surface area (Å²) >= 11 is 3.42. The lowest BCUT2D eigenvalue weighted by Crippen LogP contribution is -2.34. The normalized spacial score (nSPS) is 21.0. The quantitative estimate of drug-likeness (QED) is 0.849. The third kappa shape index (κ3) is 4.20. The molecule has 5 nitrogen and oxygen atoms in total. The van der Waals surface area contributed by atoms with Gasteiger partial charge in [0.25, 0.3) is 0 Å². The highest BCUT2D eigenvalue weighted by molar-refractivity contribution is 9.10. The molecule has 0 bridgehead atoms. The first kappa shape index (κ1) is 15.8. The third-order valence-electron chi connectivity index (χ3n) is 3.75. The van der Waals surface area contributed by atoms with Crippen LogP contribution in [0.15, 0.2) is 22.7 Å². The summed E-state index contributed by atoms with van der Waals surface area (Å²) in [5, 5.41) is 11.9. The van der Waals surface area contributed by atoms with Crippen molar-refractivity contribution < 1.29 is 19.4 Å². The van der Waals surface area contributed by atoms with Crippen molar-refractivity contribution in [1.29, 1.82) is 0 Å². The molecular weight excluding hydrogens is 338 g/mol. The minimum absolute atomic E-state index is 0.0389. The molecule has 2 rings (SSSR count). The zero-order valence-corrected chi connectivity index (χ0v) is 13.4. The Labute approximate surface area is 131 Å². The van der Waals surface area contributed by atoms with E-state index in [4.69, 9.17) is 9.84 Å². The van der Waals surface area contributed by atoms with Gasteiger partial charge >= 0.3 is 5.97 Å². The maximum atomic E-state index is 12.1. The minimum Gasteiger partial charge on any atom is -0.497 e. The zero-order chi connectivity index (χ0) is 15.4. The fraction of sp³-hybridized carbons (Fsp3) is 0.467. The van der Waals surface area contributed by atoms with Crippen LogP contribution in [0.3, 0.4) is 0 Å². The molecule has 0 aliphatic heterocycles. The molecule has 2 atom stereocenters. The number of nitrogens with one attached hydrogen (secondary N) is 1. The zero-order valence-electron chi connectivity index (χ0n) is 11.8. The molecule has 6 heteroatoms. The summed E-state index contributed by atoms with van der Waals surface area (Å²) in [4.78, 5) is 23.0. The SMILES string of the molecule is COc1ccc(Br)c(CC(=O)N[C@@H]2CC[C@H](C(=O)O)C2)c1. The van der Waals surface area contributed by atoms with Crippen LogP contribution in [0.5, 0.6) is 5.75 Å². The Hall–Kier alpha value is -1.56. The molecule has 1 fully saturated rings. The Kier molecular flexibility index (Phi) is 5.22. The van der Waals surface area contributed by atoms with Crippen LogP contribution in [-0.4, -0.2) is 30.1 Å². The maximum Gasteiger partial charge on any atom is 0.306 e. The number of carboxylic acid groups (broad SMARTS) is 1. The maximum absolute atomic E-state index is 12.1. The van der Waals surface area contributed by atoms with Crippen molar-refractivity contribution in [2.45, 2.75) is 31.7 Å². The molecule has 21 heavy (non-hydrogen) atoms. The van der Waals surface area contributed by atoms with E-state index >= 15 is 0 Å². The molecule has 2 N–H and O–H groups in total. The Balaban J connectivity index is 1.92. The molecule has 0 heterocycles. The molecule has 114 valence electrons. The van der Waals surface area contributed by atoms with E-state index in [1.807, 2.05) is 18.2 Å². The van der Waals surface area contributed by atoms with Gasteiger partial charge in [-0.05, 0) is 43.0 Å². The Morgan fingerprint density at radius 2 is 2.19 bits per heavy atom. The van der Waals surface area contributed by atoms with Crippen molar-refractivity contribution in [2.24, 2.45) is 5.92 Å². The van der Waals surface area contributed by atoms with Crippen molar-refractivity contribution in [3.8, 4) is 5.75 Å². The lowest BCUT2D eigenvalue weighted by molar-refractivity contribution is -0.141. The number of aliphatic carboxylic acids is 1. The molecule has 1 amide bonds. The van der Waals surface area contributed by atoms with Crippen molar-refractivity contribution in [3.05, 3.63) is 28.2 Å². The number of carbonyl (C=O) groups excluding carboxylic acids is 1. The van der Waals surface area contributed by atoms with Crippen molar-refractivity contribution in [3.63, 3.8) is 0 Å². The Morgan fingerprint density at radius 3 is 2.81 bits per heavy atom. The second kappa shape index (κ2) is 6.93. The molecule has 1 aromatic rings. The summed E-state index contributed by atoms with van der Waals surface area (Å²) in [6, 6.07) is 5.44. The number of halogens is 1. The van der Waals surface area contributed by atoms with Gasteiger partial charge in [0, 0.05) is 10.5 Å². The van der Waals surface area contributed by atoms with Gasteiger partial charge in [-0.2, -0.15) is 0 Å². The fourth-order valence-electron chi connectivity index (χ4n) is 2.60. The van der Waals surface area contributed by atoms with E-state index in [0.717, 1.165) is 16.5 Å². The van der Waals surface area contributed by atoms with E-state index in [2.05, 4.69) is 21.2 Å². The predicted octanol–water partition coefficient (Wildman–Crippen LogP) is 2.37. The highest BCUT2D eigenvalue weighted by Gasteiger charge is 2.30. The standard InChI is InChI=1S/C15H18BrNO4/c1-21-12-4-5-13(16)10(7-12)8-14(18)17-11-3-2-9(6-11)15(19)20/h4-5,7,9,11H,2-3,6,8H2,1H3,(H,17,18)(H,19,20)/t9-,11+/m0/s1. The molecule has 0 spiro atoms. The molecule has 0 radical (unpaired) electrons. The predicted molar refractivity (Wildman–Crippen MR) is 81.3 cm³/mol. The summed E-state index contributed by atoms with van der Waals surface area (Å²) < 4.78 is 6.00. The highest BCUT2D eigenvalue weighted by Crippen LogP contribution is 2.26. The van der Waals surface area contributed by atoms with E-state index < -0.39 is 5.97 Å².